The highest BCUT2D eigenvalue weighted by atomic mass is 32.1. The van der Waals surface area contributed by atoms with Crippen molar-refractivity contribution in [2.45, 2.75) is 33.1 Å². The monoisotopic (exact) mass is 347 g/mol. The second-order valence-corrected chi connectivity index (χ2v) is 6.61. The molecule has 0 bridgehead atoms. The summed E-state index contributed by atoms with van der Waals surface area (Å²) in [5.74, 6) is 0.967. The number of carbonyl (C=O) groups is 1. The van der Waals surface area contributed by atoms with Crippen molar-refractivity contribution in [3.8, 4) is 0 Å². The molecule has 0 atom stereocenters. The lowest BCUT2D eigenvalue weighted by atomic mass is 9.93. The van der Waals surface area contributed by atoms with Crippen molar-refractivity contribution < 1.29 is 14.1 Å². The van der Waals surface area contributed by atoms with Gasteiger partial charge in [-0.15, -0.1) is 0 Å². The van der Waals surface area contributed by atoms with Crippen LogP contribution in [0.2, 0.25) is 0 Å². The number of nitrogens with one attached hydrogen (secondary N) is 2. The largest absolute Gasteiger partial charge is 0.462 e. The van der Waals surface area contributed by atoms with Gasteiger partial charge in [0.15, 0.2) is 10.9 Å². The van der Waals surface area contributed by atoms with Crippen LogP contribution >= 0.6 is 12.2 Å². The maximum absolute atomic E-state index is 11.6. The van der Waals surface area contributed by atoms with E-state index in [1.807, 2.05) is 26.8 Å². The van der Waals surface area contributed by atoms with Crippen LogP contribution in [0.3, 0.4) is 0 Å². The van der Waals surface area contributed by atoms with Gasteiger partial charge < -0.3 is 19.9 Å². The van der Waals surface area contributed by atoms with E-state index < -0.39 is 0 Å². The molecular weight excluding hydrogens is 326 g/mol. The highest BCUT2D eigenvalue weighted by Gasteiger charge is 2.19. The lowest BCUT2D eigenvalue weighted by Crippen LogP contribution is -2.19. The summed E-state index contributed by atoms with van der Waals surface area (Å²) in [6.07, 6.45) is 0. The number of carbonyl (C=O) groups excluding carboxylic acids is 1. The van der Waals surface area contributed by atoms with Gasteiger partial charge >= 0.3 is 5.97 Å². The number of hydrogen-bond donors (Lipinski definition) is 2. The summed E-state index contributed by atoms with van der Waals surface area (Å²) in [6.45, 7) is 8.24. The van der Waals surface area contributed by atoms with Crippen LogP contribution in [0.1, 0.15) is 43.8 Å². The zero-order valence-electron chi connectivity index (χ0n) is 14.2. The van der Waals surface area contributed by atoms with Crippen molar-refractivity contribution in [3.05, 3.63) is 41.7 Å². The Bertz CT molecular complexity index is 717. The lowest BCUT2D eigenvalue weighted by Gasteiger charge is -2.12. The van der Waals surface area contributed by atoms with Gasteiger partial charge in [-0.1, -0.05) is 25.9 Å². The van der Waals surface area contributed by atoms with E-state index in [-0.39, 0.29) is 11.4 Å². The first-order chi connectivity index (χ1) is 11.3. The first-order valence-corrected chi connectivity index (χ1v) is 8.03. The van der Waals surface area contributed by atoms with E-state index in [9.17, 15) is 4.79 Å². The Hall–Kier alpha value is -2.41. The van der Waals surface area contributed by atoms with E-state index in [1.165, 1.54) is 0 Å². The lowest BCUT2D eigenvalue weighted by molar-refractivity contribution is 0.0526. The minimum atomic E-state index is -0.345. The van der Waals surface area contributed by atoms with Crippen LogP contribution in [0, 0.1) is 0 Å². The molecule has 0 aliphatic rings. The second-order valence-electron chi connectivity index (χ2n) is 6.20. The van der Waals surface area contributed by atoms with Gasteiger partial charge in [0, 0.05) is 17.2 Å². The molecule has 2 aromatic rings. The molecule has 128 valence electrons. The number of hydrogen-bond acceptors (Lipinski definition) is 5. The molecule has 1 aromatic carbocycles. The summed E-state index contributed by atoms with van der Waals surface area (Å²) < 4.78 is 10.2. The van der Waals surface area contributed by atoms with Crippen LogP contribution in [0.15, 0.2) is 34.9 Å². The average Bonchev–Trinajstić information content (AvgIpc) is 2.96. The highest BCUT2D eigenvalue weighted by molar-refractivity contribution is 7.80. The summed E-state index contributed by atoms with van der Waals surface area (Å²) in [6, 6.07) is 8.68. The minimum absolute atomic E-state index is 0.120. The third-order valence-corrected chi connectivity index (χ3v) is 3.35. The van der Waals surface area contributed by atoms with Crippen LogP contribution < -0.4 is 10.6 Å². The molecule has 0 saturated heterocycles. The Labute approximate surface area is 146 Å². The van der Waals surface area contributed by atoms with E-state index in [0.29, 0.717) is 23.1 Å². The van der Waals surface area contributed by atoms with Crippen LogP contribution in [-0.2, 0) is 10.2 Å². The fraction of sp³-hybridized carbons (Fsp3) is 0.353. The third kappa shape index (κ3) is 4.79. The Balaban J connectivity index is 1.95. The molecule has 2 N–H and O–H groups in total. The molecule has 7 heteroatoms. The van der Waals surface area contributed by atoms with Crippen LogP contribution in [0.5, 0.6) is 0 Å². The molecule has 0 amide bonds. The first kappa shape index (κ1) is 17.9. The van der Waals surface area contributed by atoms with E-state index in [4.69, 9.17) is 21.5 Å². The summed E-state index contributed by atoms with van der Waals surface area (Å²) in [7, 11) is 0. The quantitative estimate of drug-likeness (QED) is 0.640. The molecule has 2 rings (SSSR count). The van der Waals surface area contributed by atoms with Gasteiger partial charge in [0.25, 0.3) is 0 Å². The predicted molar refractivity (Wildman–Crippen MR) is 97.4 cm³/mol. The summed E-state index contributed by atoms with van der Waals surface area (Å²) in [5, 5.41) is 10.3. The summed E-state index contributed by atoms with van der Waals surface area (Å²) >= 11 is 5.25. The second kappa shape index (κ2) is 7.44. The molecule has 0 spiro atoms. The number of thiocarbonyl (C=S) groups is 1. The zero-order valence-corrected chi connectivity index (χ0v) is 15.0. The smallest absolute Gasteiger partial charge is 0.338 e. The van der Waals surface area contributed by atoms with Gasteiger partial charge in [0.05, 0.1) is 12.2 Å². The molecule has 0 fully saturated rings. The molecule has 0 radical (unpaired) electrons. The van der Waals surface area contributed by atoms with Crippen molar-refractivity contribution in [3.63, 3.8) is 0 Å². The third-order valence-electron chi connectivity index (χ3n) is 3.14. The minimum Gasteiger partial charge on any atom is -0.462 e. The van der Waals surface area contributed by atoms with Gasteiger partial charge in [-0.25, -0.2) is 4.79 Å². The van der Waals surface area contributed by atoms with Crippen LogP contribution in [0.4, 0.5) is 11.5 Å². The normalized spacial score (nSPS) is 11.0. The molecule has 1 aromatic heterocycles. The van der Waals surface area contributed by atoms with Crippen LogP contribution in [0.25, 0.3) is 0 Å². The average molecular weight is 347 g/mol. The van der Waals surface area contributed by atoms with E-state index >= 15 is 0 Å². The molecule has 0 aliphatic heterocycles. The molecule has 0 saturated carbocycles. The number of ether oxygens (including phenoxy) is 1. The van der Waals surface area contributed by atoms with E-state index in [1.54, 1.807) is 31.2 Å². The van der Waals surface area contributed by atoms with Gasteiger partial charge in [0.1, 0.15) is 5.76 Å². The van der Waals surface area contributed by atoms with Crippen molar-refractivity contribution in [1.29, 1.82) is 0 Å². The number of aromatic nitrogens is 1. The molecule has 0 aliphatic carbocycles. The summed E-state index contributed by atoms with van der Waals surface area (Å²) in [4.78, 5) is 11.6. The van der Waals surface area contributed by atoms with Crippen LogP contribution in [-0.4, -0.2) is 22.8 Å². The maximum atomic E-state index is 11.6. The van der Waals surface area contributed by atoms with E-state index in [0.717, 1.165) is 11.4 Å². The van der Waals surface area contributed by atoms with Gasteiger partial charge in [0.2, 0.25) is 0 Å². The predicted octanol–water partition coefficient (Wildman–Crippen LogP) is 3.96. The van der Waals surface area contributed by atoms with Crippen molar-refractivity contribution in [2.75, 3.05) is 17.2 Å². The van der Waals surface area contributed by atoms with Crippen molar-refractivity contribution in [1.82, 2.24) is 5.16 Å². The Morgan fingerprint density at radius 2 is 1.92 bits per heavy atom. The zero-order chi connectivity index (χ0) is 17.7. The Morgan fingerprint density at radius 1 is 1.25 bits per heavy atom. The number of anilines is 2. The summed E-state index contributed by atoms with van der Waals surface area (Å²) in [5.41, 5.74) is 1.12. The maximum Gasteiger partial charge on any atom is 0.338 e. The Kier molecular flexibility index (Phi) is 5.56. The number of rotatable bonds is 4. The molecule has 6 nitrogen and oxygen atoms in total. The SMILES string of the molecule is CCOC(=O)c1ccc(NC(=S)Nc2cc(C(C)(C)C)on2)cc1. The van der Waals surface area contributed by atoms with Gasteiger partial charge in [-0.3, -0.25) is 0 Å². The number of benzene rings is 1. The van der Waals surface area contributed by atoms with E-state index in [2.05, 4.69) is 15.8 Å². The van der Waals surface area contributed by atoms with Gasteiger partial charge in [-0.2, -0.15) is 0 Å². The molecule has 1 heterocycles. The molecule has 0 unspecified atom stereocenters. The fourth-order valence-electron chi connectivity index (χ4n) is 1.87. The highest BCUT2D eigenvalue weighted by Crippen LogP contribution is 2.24. The molecular formula is C17H21N3O3S. The molecule has 24 heavy (non-hydrogen) atoms. The standard InChI is InChI=1S/C17H21N3O3S/c1-5-22-15(21)11-6-8-12(9-7-11)18-16(24)19-14-10-13(23-20-14)17(2,3)4/h6-10H,5H2,1-4H3,(H2,18,19,20,24). The fourth-order valence-corrected chi connectivity index (χ4v) is 2.09. The Morgan fingerprint density at radius 3 is 2.46 bits per heavy atom. The number of esters is 1. The van der Waals surface area contributed by atoms with Crippen molar-refractivity contribution >= 4 is 34.8 Å². The van der Waals surface area contributed by atoms with Gasteiger partial charge in [-0.05, 0) is 43.4 Å². The topological polar surface area (TPSA) is 76.4 Å². The first-order valence-electron chi connectivity index (χ1n) is 7.62. The number of nitrogens with zero attached hydrogens (tertiary/aromatic N) is 1. The van der Waals surface area contributed by atoms with Crippen molar-refractivity contribution in [2.24, 2.45) is 0 Å².